The fourth-order valence-electron chi connectivity index (χ4n) is 5.25. The number of hydrogen-bond acceptors (Lipinski definition) is 2. The van der Waals surface area contributed by atoms with E-state index in [4.69, 9.17) is 4.52 Å². The second-order valence-electron chi connectivity index (χ2n) is 10.2. The van der Waals surface area contributed by atoms with E-state index < -0.39 is 6.83 Å². The van der Waals surface area contributed by atoms with Gasteiger partial charge in [0.2, 0.25) is 0 Å². The molecule has 0 aliphatic heterocycles. The summed E-state index contributed by atoms with van der Waals surface area (Å²) in [6, 6.07) is 0. The monoisotopic (exact) mass is 458 g/mol. The Morgan fingerprint density at radius 1 is 0.516 bits per heavy atom. The molecule has 0 aromatic carbocycles. The summed E-state index contributed by atoms with van der Waals surface area (Å²) in [7, 11) is 0. The topological polar surface area (TPSA) is 26.3 Å². The zero-order chi connectivity index (χ0) is 23.3. The van der Waals surface area contributed by atoms with E-state index in [-0.39, 0.29) is 5.97 Å². The van der Waals surface area contributed by atoms with E-state index in [0.29, 0.717) is 0 Å². The van der Waals surface area contributed by atoms with Crippen LogP contribution < -0.4 is 0 Å². The Kier molecular flexibility index (Phi) is 19.3. The van der Waals surface area contributed by atoms with Crippen molar-refractivity contribution in [3.8, 4) is 0 Å². The molecule has 0 aromatic rings. The van der Waals surface area contributed by atoms with Crippen LogP contribution in [0, 0.1) is 0 Å². The number of rotatable bonds is 23. The molecule has 0 aliphatic rings. The van der Waals surface area contributed by atoms with Crippen LogP contribution in [0.2, 0.25) is 0 Å². The van der Waals surface area contributed by atoms with Crippen LogP contribution in [0.5, 0.6) is 0 Å². The normalized spacial score (nSPS) is 13.1. The molecule has 31 heavy (non-hydrogen) atoms. The van der Waals surface area contributed by atoms with Crippen LogP contribution >= 0.6 is 6.83 Å². The summed E-state index contributed by atoms with van der Waals surface area (Å²) in [6.07, 6.45) is 28.5. The van der Waals surface area contributed by atoms with Crippen LogP contribution in [0.25, 0.3) is 0 Å². The number of carbonyl (C=O) groups excluding carboxylic acids is 1. The molecule has 0 amide bonds. The van der Waals surface area contributed by atoms with Gasteiger partial charge in [0.05, 0.1) is 0 Å². The molecule has 0 rings (SSSR count). The number of carbonyl (C=O) groups is 1. The van der Waals surface area contributed by atoms with Gasteiger partial charge in [0.15, 0.2) is 0 Å². The third-order valence-electron chi connectivity index (χ3n) is 7.42. The van der Waals surface area contributed by atoms with E-state index >= 15 is 0 Å². The van der Waals surface area contributed by atoms with Gasteiger partial charge >= 0.3 is 197 Å². The third-order valence-corrected chi connectivity index (χ3v) is 14.1. The Balaban J connectivity index is 5.09. The van der Waals surface area contributed by atoms with Gasteiger partial charge < -0.3 is 0 Å². The average molecular weight is 459 g/mol. The van der Waals surface area contributed by atoms with Gasteiger partial charge in [0, 0.05) is 0 Å². The third kappa shape index (κ3) is 14.6. The van der Waals surface area contributed by atoms with E-state index in [9.17, 15) is 4.79 Å². The van der Waals surface area contributed by atoms with Crippen molar-refractivity contribution < 1.29 is 9.32 Å². The van der Waals surface area contributed by atoms with Gasteiger partial charge in [-0.15, -0.1) is 0 Å². The number of hydrogen-bond donors (Lipinski definition) is 0. The molecule has 0 N–H and O–H groups in total. The summed E-state index contributed by atoms with van der Waals surface area (Å²) in [5.41, 5.74) is 0. The quantitative estimate of drug-likeness (QED) is 0.112. The van der Waals surface area contributed by atoms with Crippen LogP contribution in [-0.4, -0.2) is 30.6 Å². The molecule has 0 bridgehead atoms. The van der Waals surface area contributed by atoms with Crippen molar-refractivity contribution in [2.75, 3.05) is 24.6 Å². The minimum atomic E-state index is -2.43. The van der Waals surface area contributed by atoms with Crippen LogP contribution in [-0.2, 0) is 9.32 Å². The molecule has 0 aromatic heterocycles. The second kappa shape index (κ2) is 19.4. The summed E-state index contributed by atoms with van der Waals surface area (Å²) in [5.74, 6) is -0.0116. The van der Waals surface area contributed by atoms with Gasteiger partial charge in [-0.2, -0.15) is 0 Å². The summed E-state index contributed by atoms with van der Waals surface area (Å²) < 4.78 is 6.55. The molecule has 0 aliphatic carbocycles. The SMILES string of the molecule is CCCCCCCCP(CC)(CCCCCCCC)(CCCCCCCC)OC(C)=O. The first-order chi connectivity index (χ1) is 15.0. The molecule has 3 heteroatoms. The maximum absolute atomic E-state index is 12.4. The van der Waals surface area contributed by atoms with Gasteiger partial charge in [-0.1, -0.05) is 0 Å². The van der Waals surface area contributed by atoms with Crippen molar-refractivity contribution in [3.05, 3.63) is 0 Å². The Hall–Kier alpha value is -0.100. The minimum absolute atomic E-state index is 0.0116. The van der Waals surface area contributed by atoms with Crippen molar-refractivity contribution in [1.82, 2.24) is 0 Å². The molecular weight excluding hydrogens is 399 g/mol. The Bertz CT molecular complexity index is 378. The van der Waals surface area contributed by atoms with Gasteiger partial charge in [-0.05, 0) is 0 Å². The molecule has 0 heterocycles. The molecule has 0 radical (unpaired) electrons. The van der Waals surface area contributed by atoms with E-state index in [2.05, 4.69) is 27.7 Å². The van der Waals surface area contributed by atoms with Crippen molar-refractivity contribution in [2.45, 2.75) is 150 Å². The average Bonchev–Trinajstić information content (AvgIpc) is 2.75. The van der Waals surface area contributed by atoms with Gasteiger partial charge in [-0.25, -0.2) is 0 Å². The molecule has 0 spiro atoms. The molecule has 188 valence electrons. The van der Waals surface area contributed by atoms with Gasteiger partial charge in [0.1, 0.15) is 0 Å². The van der Waals surface area contributed by atoms with Crippen LogP contribution in [0.4, 0.5) is 0 Å². The van der Waals surface area contributed by atoms with E-state index in [0.717, 1.165) is 6.16 Å². The Labute approximate surface area is 197 Å². The fourth-order valence-corrected chi connectivity index (χ4v) is 11.1. The molecule has 0 atom stereocenters. The number of unbranched alkanes of at least 4 members (excludes halogenated alkanes) is 15. The molecule has 0 saturated carbocycles. The van der Waals surface area contributed by atoms with Crippen LogP contribution in [0.15, 0.2) is 0 Å². The van der Waals surface area contributed by atoms with E-state index in [1.807, 2.05) is 0 Å². The summed E-state index contributed by atoms with van der Waals surface area (Å²) in [5, 5.41) is 0. The summed E-state index contributed by atoms with van der Waals surface area (Å²) in [4.78, 5) is 12.4. The second-order valence-corrected chi connectivity index (χ2v) is 16.1. The molecule has 0 saturated heterocycles. The van der Waals surface area contributed by atoms with Gasteiger partial charge in [0.25, 0.3) is 0 Å². The standard InChI is InChI=1S/C28H59O2P/c1-6-10-13-16-19-22-25-31(9-4,30-28(5)29,26-23-20-17-14-11-7-2)27-24-21-18-15-12-8-3/h6-27H2,1-5H3. The van der Waals surface area contributed by atoms with E-state index in [1.54, 1.807) is 6.92 Å². The zero-order valence-electron chi connectivity index (χ0n) is 22.3. The van der Waals surface area contributed by atoms with Crippen molar-refractivity contribution >= 4 is 12.8 Å². The van der Waals surface area contributed by atoms with Crippen molar-refractivity contribution in [1.29, 1.82) is 0 Å². The predicted octanol–water partition coefficient (Wildman–Crippen LogP) is 10.1. The first kappa shape index (κ1) is 30.9. The predicted molar refractivity (Wildman–Crippen MR) is 144 cm³/mol. The first-order valence-corrected chi connectivity index (χ1v) is 17.1. The maximum atomic E-state index is 12.4. The van der Waals surface area contributed by atoms with E-state index in [1.165, 1.54) is 134 Å². The van der Waals surface area contributed by atoms with Crippen LogP contribution in [0.3, 0.4) is 0 Å². The zero-order valence-corrected chi connectivity index (χ0v) is 23.2. The molecule has 0 fully saturated rings. The first-order valence-electron chi connectivity index (χ1n) is 14.2. The molecule has 2 nitrogen and oxygen atoms in total. The summed E-state index contributed by atoms with van der Waals surface area (Å²) in [6.45, 7) is 8.42. The molecule has 0 unspecified atom stereocenters. The van der Waals surface area contributed by atoms with Crippen LogP contribution in [0.1, 0.15) is 150 Å². The van der Waals surface area contributed by atoms with Crippen molar-refractivity contribution in [3.63, 3.8) is 0 Å². The van der Waals surface area contributed by atoms with Crippen molar-refractivity contribution in [2.24, 2.45) is 0 Å². The Morgan fingerprint density at radius 3 is 1.06 bits per heavy atom. The fraction of sp³-hybridized carbons (Fsp3) is 0.964. The molecular formula is C28H59O2P. The van der Waals surface area contributed by atoms with Gasteiger partial charge in [-0.3, -0.25) is 0 Å². The Morgan fingerprint density at radius 2 is 0.806 bits per heavy atom. The summed E-state index contributed by atoms with van der Waals surface area (Å²) >= 11 is 0.